The van der Waals surface area contributed by atoms with Crippen LogP contribution in [0.3, 0.4) is 0 Å². The molecule has 4 rings (SSSR count). The van der Waals surface area contributed by atoms with Gasteiger partial charge in [-0.2, -0.15) is 0 Å². The number of nitrogens with one attached hydrogen (secondary N) is 1. The number of carbonyl (C=O) groups is 3. The number of thiophene rings is 1. The molecule has 1 aromatic heterocycles. The number of ether oxygens (including phenoxy) is 1. The van der Waals surface area contributed by atoms with E-state index in [1.165, 1.54) is 22.4 Å². The Morgan fingerprint density at radius 2 is 1.82 bits per heavy atom. The van der Waals surface area contributed by atoms with Gasteiger partial charge in [-0.15, -0.1) is 11.3 Å². The van der Waals surface area contributed by atoms with Gasteiger partial charge < -0.3 is 4.74 Å². The normalized spacial score (nSPS) is 15.0. The number of anilines is 1. The predicted octanol–water partition coefficient (Wildman–Crippen LogP) is 3.43. The van der Waals surface area contributed by atoms with Crippen molar-refractivity contribution in [3.63, 3.8) is 0 Å². The highest BCUT2D eigenvalue weighted by Crippen LogP contribution is 2.23. The van der Waals surface area contributed by atoms with Crippen LogP contribution in [0.5, 0.6) is 5.75 Å². The van der Waals surface area contributed by atoms with Crippen molar-refractivity contribution in [1.82, 2.24) is 5.43 Å². The smallest absolute Gasteiger partial charge is 0.353 e. The van der Waals surface area contributed by atoms with Gasteiger partial charge in [0, 0.05) is 0 Å². The minimum atomic E-state index is -0.491. The molecule has 1 aliphatic heterocycles. The fraction of sp³-hybridized carbons (Fsp3) is 0. The zero-order chi connectivity index (χ0) is 19.5. The van der Waals surface area contributed by atoms with Crippen LogP contribution >= 0.6 is 11.3 Å². The summed E-state index contributed by atoms with van der Waals surface area (Å²) in [6.07, 6.45) is 1.48. The van der Waals surface area contributed by atoms with Crippen molar-refractivity contribution < 1.29 is 19.1 Å². The van der Waals surface area contributed by atoms with Gasteiger partial charge in [-0.1, -0.05) is 36.4 Å². The molecule has 6 nitrogen and oxygen atoms in total. The molecule has 1 fully saturated rings. The van der Waals surface area contributed by atoms with Gasteiger partial charge in [0.25, 0.3) is 11.8 Å². The molecule has 0 aliphatic carbocycles. The average molecular weight is 390 g/mol. The Morgan fingerprint density at radius 1 is 1.00 bits per heavy atom. The summed E-state index contributed by atoms with van der Waals surface area (Å²) in [6.45, 7) is 0. The molecule has 0 spiro atoms. The number of hydrazine groups is 1. The molecule has 1 N–H and O–H groups in total. The molecule has 28 heavy (non-hydrogen) atoms. The average Bonchev–Trinajstić information content (AvgIpc) is 3.34. The summed E-state index contributed by atoms with van der Waals surface area (Å²) in [5, 5.41) is 3.00. The Balaban J connectivity index is 1.56. The number of hydrogen-bond donors (Lipinski definition) is 1. The maximum absolute atomic E-state index is 12.6. The van der Waals surface area contributed by atoms with Crippen LogP contribution in [0.1, 0.15) is 15.2 Å². The molecule has 7 heteroatoms. The van der Waals surface area contributed by atoms with E-state index in [1.807, 2.05) is 6.07 Å². The van der Waals surface area contributed by atoms with Crippen molar-refractivity contribution in [3.05, 3.63) is 88.1 Å². The molecule has 0 radical (unpaired) electrons. The van der Waals surface area contributed by atoms with E-state index in [2.05, 4.69) is 5.43 Å². The van der Waals surface area contributed by atoms with Gasteiger partial charge in [0.05, 0.1) is 5.69 Å². The molecule has 2 amide bonds. The maximum Gasteiger partial charge on any atom is 0.353 e. The summed E-state index contributed by atoms with van der Waals surface area (Å²) >= 11 is 1.29. The number of hydrogen-bond acceptors (Lipinski definition) is 5. The lowest BCUT2D eigenvalue weighted by atomic mass is 10.1. The second-order valence-corrected chi connectivity index (χ2v) is 6.86. The van der Waals surface area contributed by atoms with Crippen LogP contribution < -0.4 is 15.2 Å². The highest BCUT2D eigenvalue weighted by atomic mass is 32.1. The summed E-state index contributed by atoms with van der Waals surface area (Å²) < 4.78 is 5.35. The quantitative estimate of drug-likeness (QED) is 0.321. The van der Waals surface area contributed by atoms with E-state index in [1.54, 1.807) is 66.0 Å². The highest BCUT2D eigenvalue weighted by molar-refractivity contribution is 7.12. The number of rotatable bonds is 4. The first-order chi connectivity index (χ1) is 13.6. The minimum Gasteiger partial charge on any atom is -0.422 e. The zero-order valence-corrected chi connectivity index (χ0v) is 15.3. The third-order valence-corrected chi connectivity index (χ3v) is 4.86. The van der Waals surface area contributed by atoms with Gasteiger partial charge >= 0.3 is 5.97 Å². The maximum atomic E-state index is 12.6. The van der Waals surface area contributed by atoms with E-state index in [9.17, 15) is 14.4 Å². The van der Waals surface area contributed by atoms with Crippen LogP contribution in [0.4, 0.5) is 5.69 Å². The van der Waals surface area contributed by atoms with E-state index < -0.39 is 17.8 Å². The second-order valence-electron chi connectivity index (χ2n) is 5.91. The fourth-order valence-corrected chi connectivity index (χ4v) is 3.30. The second kappa shape index (κ2) is 7.50. The van der Waals surface area contributed by atoms with Crippen molar-refractivity contribution in [2.75, 3.05) is 5.01 Å². The lowest BCUT2D eigenvalue weighted by Crippen LogP contribution is -2.35. The van der Waals surface area contributed by atoms with E-state index >= 15 is 0 Å². The summed E-state index contributed by atoms with van der Waals surface area (Å²) in [5.74, 6) is -1.06. The first kappa shape index (κ1) is 17.7. The molecule has 0 saturated carbocycles. The van der Waals surface area contributed by atoms with Crippen LogP contribution in [0.15, 0.2) is 77.7 Å². The van der Waals surface area contributed by atoms with Gasteiger partial charge in [0.1, 0.15) is 16.2 Å². The first-order valence-corrected chi connectivity index (χ1v) is 9.28. The Labute approximate surface area is 164 Å². The topological polar surface area (TPSA) is 75.7 Å². The molecule has 2 aromatic carbocycles. The summed E-state index contributed by atoms with van der Waals surface area (Å²) in [4.78, 5) is 37.5. The standard InChI is InChI=1S/C21H14N2O4S/c24-19-17(20(25)23(22-19)15-7-2-1-3-8-15)13-14-6-4-9-16(12-14)27-21(26)18-10-5-11-28-18/h1-13H,(H,22,24)/b17-13-. The SMILES string of the molecule is O=C1NN(c2ccccc2)C(=O)/C1=C\c1cccc(OC(=O)c2cccs2)c1. The highest BCUT2D eigenvalue weighted by Gasteiger charge is 2.34. The molecule has 0 atom stereocenters. The van der Waals surface area contributed by atoms with Crippen molar-refractivity contribution in [2.24, 2.45) is 0 Å². The fourth-order valence-electron chi connectivity index (χ4n) is 2.70. The van der Waals surface area contributed by atoms with E-state index in [0.717, 1.165) is 0 Å². The molecular formula is C21H14N2O4S. The number of amides is 2. The van der Waals surface area contributed by atoms with Gasteiger partial charge in [0.2, 0.25) is 0 Å². The Hall–Kier alpha value is -3.71. The minimum absolute atomic E-state index is 0.00517. The Bertz CT molecular complexity index is 1070. The number of carbonyl (C=O) groups excluding carboxylic acids is 3. The summed E-state index contributed by atoms with van der Waals surface area (Å²) in [7, 11) is 0. The molecule has 0 bridgehead atoms. The molecule has 0 unspecified atom stereocenters. The lowest BCUT2D eigenvalue weighted by Gasteiger charge is -2.13. The first-order valence-electron chi connectivity index (χ1n) is 8.40. The number of para-hydroxylation sites is 1. The molecular weight excluding hydrogens is 376 g/mol. The van der Waals surface area contributed by atoms with Gasteiger partial charge in [0.15, 0.2) is 0 Å². The van der Waals surface area contributed by atoms with Crippen LogP contribution in [0.25, 0.3) is 6.08 Å². The van der Waals surface area contributed by atoms with Gasteiger partial charge in [-0.25, -0.2) is 9.80 Å². The molecule has 1 aliphatic rings. The summed E-state index contributed by atoms with van der Waals surface area (Å²) in [5.41, 5.74) is 3.70. The molecule has 1 saturated heterocycles. The van der Waals surface area contributed by atoms with Crippen LogP contribution in [0.2, 0.25) is 0 Å². The van der Waals surface area contributed by atoms with Crippen molar-refractivity contribution in [1.29, 1.82) is 0 Å². The number of nitrogens with zero attached hydrogens (tertiary/aromatic N) is 1. The summed E-state index contributed by atoms with van der Waals surface area (Å²) in [6, 6.07) is 18.9. The van der Waals surface area contributed by atoms with Crippen LogP contribution in [-0.2, 0) is 9.59 Å². The monoisotopic (exact) mass is 390 g/mol. The van der Waals surface area contributed by atoms with Gasteiger partial charge in [-0.3, -0.25) is 15.0 Å². The molecule has 2 heterocycles. The Morgan fingerprint density at radius 3 is 2.57 bits per heavy atom. The zero-order valence-electron chi connectivity index (χ0n) is 14.5. The molecule has 3 aromatic rings. The largest absolute Gasteiger partial charge is 0.422 e. The Kier molecular flexibility index (Phi) is 4.74. The number of benzene rings is 2. The predicted molar refractivity (Wildman–Crippen MR) is 106 cm³/mol. The third kappa shape index (κ3) is 3.56. The number of esters is 1. The van der Waals surface area contributed by atoms with Crippen molar-refractivity contribution >= 4 is 40.9 Å². The third-order valence-electron chi connectivity index (χ3n) is 4.01. The van der Waals surface area contributed by atoms with Crippen LogP contribution in [-0.4, -0.2) is 17.8 Å². The van der Waals surface area contributed by atoms with Crippen LogP contribution in [0, 0.1) is 0 Å². The van der Waals surface area contributed by atoms with E-state index in [-0.39, 0.29) is 5.57 Å². The van der Waals surface area contributed by atoms with E-state index in [4.69, 9.17) is 4.74 Å². The van der Waals surface area contributed by atoms with Gasteiger partial charge in [-0.05, 0) is 47.4 Å². The lowest BCUT2D eigenvalue weighted by molar-refractivity contribution is -0.117. The molecule has 138 valence electrons. The van der Waals surface area contributed by atoms with E-state index in [0.29, 0.717) is 21.9 Å². The van der Waals surface area contributed by atoms with Crippen molar-refractivity contribution in [2.45, 2.75) is 0 Å². The van der Waals surface area contributed by atoms with Crippen molar-refractivity contribution in [3.8, 4) is 5.75 Å².